The maximum atomic E-state index is 12.8. The molecule has 112 valence electrons. The Morgan fingerprint density at radius 1 is 1.33 bits per heavy atom. The predicted octanol–water partition coefficient (Wildman–Crippen LogP) is 3.92. The third-order valence-corrected chi connectivity index (χ3v) is 3.43. The monoisotopic (exact) mass is 316 g/mol. The van der Waals surface area contributed by atoms with Gasteiger partial charge >= 0.3 is 12.1 Å². The van der Waals surface area contributed by atoms with Gasteiger partial charge in [-0.3, -0.25) is 4.79 Å². The van der Waals surface area contributed by atoms with Gasteiger partial charge in [0.15, 0.2) is 5.13 Å². The van der Waals surface area contributed by atoms with Crippen molar-refractivity contribution in [2.75, 3.05) is 5.32 Å². The molecule has 2 aromatic rings. The van der Waals surface area contributed by atoms with Crippen LogP contribution in [0.1, 0.15) is 17.7 Å². The highest BCUT2D eigenvalue weighted by Crippen LogP contribution is 2.36. The normalized spacial score (nSPS) is 11.4. The number of rotatable bonds is 5. The van der Waals surface area contributed by atoms with E-state index in [2.05, 4.69) is 10.3 Å². The number of halogens is 3. The number of benzene rings is 1. The summed E-state index contributed by atoms with van der Waals surface area (Å²) in [7, 11) is 0. The van der Waals surface area contributed by atoms with E-state index in [4.69, 9.17) is 5.11 Å². The summed E-state index contributed by atoms with van der Waals surface area (Å²) in [5.41, 5.74) is -0.314. The van der Waals surface area contributed by atoms with Crippen LogP contribution in [-0.2, 0) is 17.4 Å². The van der Waals surface area contributed by atoms with E-state index < -0.39 is 17.7 Å². The number of carboxylic acids is 1. The first kappa shape index (κ1) is 15.3. The topological polar surface area (TPSA) is 62.2 Å². The Labute approximate surface area is 122 Å². The smallest absolute Gasteiger partial charge is 0.418 e. The number of hydrogen-bond acceptors (Lipinski definition) is 4. The molecule has 2 N–H and O–H groups in total. The zero-order valence-corrected chi connectivity index (χ0v) is 11.5. The number of aromatic nitrogens is 1. The van der Waals surface area contributed by atoms with Crippen molar-refractivity contribution >= 4 is 28.1 Å². The van der Waals surface area contributed by atoms with E-state index >= 15 is 0 Å². The highest BCUT2D eigenvalue weighted by Gasteiger charge is 2.33. The lowest BCUT2D eigenvalue weighted by atomic mass is 10.2. The summed E-state index contributed by atoms with van der Waals surface area (Å²) in [6.45, 7) is 0. The zero-order chi connectivity index (χ0) is 15.5. The van der Waals surface area contributed by atoms with Crippen LogP contribution in [0.15, 0.2) is 29.6 Å². The minimum absolute atomic E-state index is 0.0672. The second-order valence-electron chi connectivity index (χ2n) is 4.21. The molecule has 0 spiro atoms. The highest BCUT2D eigenvalue weighted by molar-refractivity contribution is 7.13. The minimum atomic E-state index is -4.45. The molecule has 0 atom stereocenters. The maximum Gasteiger partial charge on any atom is 0.418 e. The molecule has 4 nitrogen and oxygen atoms in total. The Hall–Kier alpha value is -2.09. The summed E-state index contributed by atoms with van der Waals surface area (Å²) < 4.78 is 38.5. The first-order chi connectivity index (χ1) is 9.86. The number of aliphatic carboxylic acids is 1. The summed E-state index contributed by atoms with van der Waals surface area (Å²) in [4.78, 5) is 14.5. The van der Waals surface area contributed by atoms with Crippen LogP contribution in [0.2, 0.25) is 0 Å². The minimum Gasteiger partial charge on any atom is -0.481 e. The first-order valence-electron chi connectivity index (χ1n) is 5.95. The Bertz CT molecular complexity index is 640. The third-order valence-electron chi connectivity index (χ3n) is 2.62. The van der Waals surface area contributed by atoms with Crippen molar-refractivity contribution in [1.82, 2.24) is 4.98 Å². The van der Waals surface area contributed by atoms with E-state index in [0.717, 1.165) is 17.4 Å². The van der Waals surface area contributed by atoms with E-state index in [1.165, 1.54) is 18.2 Å². The number of hydrogen-bond donors (Lipinski definition) is 2. The number of nitrogens with one attached hydrogen (secondary N) is 1. The molecule has 0 aliphatic carbocycles. The van der Waals surface area contributed by atoms with Crippen LogP contribution < -0.4 is 5.32 Å². The van der Waals surface area contributed by atoms with E-state index in [0.29, 0.717) is 10.8 Å². The van der Waals surface area contributed by atoms with Crippen molar-refractivity contribution in [2.45, 2.75) is 19.0 Å². The molecule has 0 saturated carbocycles. The first-order valence-corrected chi connectivity index (χ1v) is 6.83. The lowest BCUT2D eigenvalue weighted by molar-refractivity contribution is -0.137. The van der Waals surface area contributed by atoms with Gasteiger partial charge in [-0.15, -0.1) is 11.3 Å². The van der Waals surface area contributed by atoms with E-state index in [9.17, 15) is 18.0 Å². The van der Waals surface area contributed by atoms with Crippen LogP contribution in [0, 0.1) is 0 Å². The van der Waals surface area contributed by atoms with Gasteiger partial charge in [-0.05, 0) is 12.1 Å². The van der Waals surface area contributed by atoms with Gasteiger partial charge in [0, 0.05) is 11.8 Å². The third kappa shape index (κ3) is 4.19. The van der Waals surface area contributed by atoms with Crippen LogP contribution in [0.25, 0.3) is 0 Å². The maximum absolute atomic E-state index is 12.8. The van der Waals surface area contributed by atoms with Crippen molar-refractivity contribution < 1.29 is 23.1 Å². The Morgan fingerprint density at radius 3 is 2.71 bits per heavy atom. The fraction of sp³-hybridized carbons (Fsp3) is 0.231. The number of anilines is 2. The fourth-order valence-electron chi connectivity index (χ4n) is 1.67. The van der Waals surface area contributed by atoms with Crippen molar-refractivity contribution in [2.24, 2.45) is 0 Å². The quantitative estimate of drug-likeness (QED) is 0.877. The Kier molecular flexibility index (Phi) is 4.46. The Balaban J connectivity index is 2.14. The largest absolute Gasteiger partial charge is 0.481 e. The van der Waals surface area contributed by atoms with Crippen LogP contribution >= 0.6 is 11.3 Å². The summed E-state index contributed by atoms with van der Waals surface area (Å²) >= 11 is 1.13. The van der Waals surface area contributed by atoms with E-state index in [-0.39, 0.29) is 18.5 Å². The van der Waals surface area contributed by atoms with E-state index in [1.807, 2.05) is 0 Å². The molecule has 0 bridgehead atoms. The highest BCUT2D eigenvalue weighted by atomic mass is 32.1. The number of para-hydroxylation sites is 1. The van der Waals surface area contributed by atoms with Crippen LogP contribution in [-0.4, -0.2) is 16.1 Å². The summed E-state index contributed by atoms with van der Waals surface area (Å²) in [5, 5.41) is 13.1. The molecule has 0 radical (unpaired) electrons. The molecule has 0 aliphatic heterocycles. The standard InChI is InChI=1S/C13H11F3N2O2S/c14-13(15,16)9-3-1-2-4-10(9)18-12-17-8(7-21-12)5-6-11(19)20/h1-4,7H,5-6H2,(H,17,18)(H,19,20). The number of aryl methyl sites for hydroxylation is 1. The van der Waals surface area contributed by atoms with Gasteiger partial charge < -0.3 is 10.4 Å². The predicted molar refractivity (Wildman–Crippen MR) is 72.8 cm³/mol. The zero-order valence-electron chi connectivity index (χ0n) is 10.6. The molecule has 0 fully saturated rings. The molecule has 21 heavy (non-hydrogen) atoms. The van der Waals surface area contributed by atoms with Gasteiger partial charge in [-0.1, -0.05) is 12.1 Å². The number of alkyl halides is 3. The summed E-state index contributed by atoms with van der Waals surface area (Å²) in [6.07, 6.45) is -4.27. The molecule has 1 heterocycles. The molecular weight excluding hydrogens is 305 g/mol. The molecule has 1 aromatic carbocycles. The van der Waals surface area contributed by atoms with Crippen molar-refractivity contribution in [3.05, 3.63) is 40.9 Å². The number of nitrogens with zero attached hydrogens (tertiary/aromatic N) is 1. The second-order valence-corrected chi connectivity index (χ2v) is 5.06. The summed E-state index contributed by atoms with van der Waals surface area (Å²) in [5.74, 6) is -0.945. The molecule has 8 heteroatoms. The van der Waals surface area contributed by atoms with E-state index in [1.54, 1.807) is 5.38 Å². The van der Waals surface area contributed by atoms with Gasteiger partial charge in [-0.25, -0.2) is 4.98 Å². The molecule has 0 aliphatic rings. The Morgan fingerprint density at radius 2 is 2.05 bits per heavy atom. The lowest BCUT2D eigenvalue weighted by Crippen LogP contribution is -2.08. The van der Waals surface area contributed by atoms with Crippen LogP contribution in [0.4, 0.5) is 24.0 Å². The fourth-order valence-corrected chi connectivity index (χ4v) is 2.43. The summed E-state index contributed by atoms with van der Waals surface area (Å²) in [6, 6.07) is 5.12. The van der Waals surface area contributed by atoms with Crippen LogP contribution in [0.5, 0.6) is 0 Å². The molecule has 0 saturated heterocycles. The average Bonchev–Trinajstić information content (AvgIpc) is 2.83. The molecule has 1 aromatic heterocycles. The molecule has 2 rings (SSSR count). The number of carboxylic acid groups (broad SMARTS) is 1. The van der Waals surface area contributed by atoms with Crippen molar-refractivity contribution in [3.63, 3.8) is 0 Å². The second kappa shape index (κ2) is 6.13. The molecule has 0 amide bonds. The van der Waals surface area contributed by atoms with Gasteiger partial charge in [0.1, 0.15) is 0 Å². The van der Waals surface area contributed by atoms with Gasteiger partial charge in [0.2, 0.25) is 0 Å². The van der Waals surface area contributed by atoms with Gasteiger partial charge in [-0.2, -0.15) is 13.2 Å². The number of thiazole rings is 1. The van der Waals surface area contributed by atoms with Crippen molar-refractivity contribution in [1.29, 1.82) is 0 Å². The van der Waals surface area contributed by atoms with Crippen LogP contribution in [0.3, 0.4) is 0 Å². The average molecular weight is 316 g/mol. The van der Waals surface area contributed by atoms with Gasteiger partial charge in [0.05, 0.1) is 23.4 Å². The number of carbonyl (C=O) groups is 1. The van der Waals surface area contributed by atoms with Crippen molar-refractivity contribution in [3.8, 4) is 0 Å². The van der Waals surface area contributed by atoms with Gasteiger partial charge in [0.25, 0.3) is 0 Å². The SMILES string of the molecule is O=C(O)CCc1csc(Nc2ccccc2C(F)(F)F)n1. The lowest BCUT2D eigenvalue weighted by Gasteiger charge is -2.12. The molecule has 0 unspecified atom stereocenters. The molecular formula is C13H11F3N2O2S.